The zero-order chi connectivity index (χ0) is 14.6. The molecule has 0 fully saturated rings. The van der Waals surface area contributed by atoms with E-state index in [-0.39, 0.29) is 11.4 Å². The van der Waals surface area contributed by atoms with Crippen LogP contribution in [0.5, 0.6) is 0 Å². The molecular weight excluding hydrogens is 344 g/mol. The molecule has 1 aromatic carbocycles. The fraction of sp³-hybridized carbons (Fsp3) is 0.231. The van der Waals surface area contributed by atoms with E-state index < -0.39 is 10.0 Å². The van der Waals surface area contributed by atoms with E-state index in [0.29, 0.717) is 16.8 Å². The van der Waals surface area contributed by atoms with Gasteiger partial charge in [-0.1, -0.05) is 6.07 Å². The first kappa shape index (κ1) is 15.2. The lowest BCUT2D eigenvalue weighted by Crippen LogP contribution is -2.23. The van der Waals surface area contributed by atoms with Crippen molar-refractivity contribution in [1.82, 2.24) is 10.0 Å². The van der Waals surface area contributed by atoms with Gasteiger partial charge in [0.15, 0.2) is 0 Å². The highest BCUT2D eigenvalue weighted by molar-refractivity contribution is 9.10. The molecule has 0 radical (unpaired) electrons. The minimum atomic E-state index is -3.59. The molecule has 0 saturated heterocycles. The van der Waals surface area contributed by atoms with Gasteiger partial charge in [-0.25, -0.2) is 13.1 Å². The molecule has 7 heteroatoms. The largest absolute Gasteiger partial charge is 0.468 e. The molecule has 0 saturated carbocycles. The van der Waals surface area contributed by atoms with Crippen LogP contribution in [0.4, 0.5) is 0 Å². The maximum atomic E-state index is 12.3. The summed E-state index contributed by atoms with van der Waals surface area (Å²) < 4.78 is 32.8. The van der Waals surface area contributed by atoms with Gasteiger partial charge >= 0.3 is 0 Å². The molecule has 1 aromatic heterocycles. The second kappa shape index (κ2) is 6.53. The lowest BCUT2D eigenvalue weighted by molar-refractivity contribution is 0.498. The van der Waals surface area contributed by atoms with Gasteiger partial charge in [0.2, 0.25) is 10.0 Å². The van der Waals surface area contributed by atoms with Crippen molar-refractivity contribution in [2.24, 2.45) is 0 Å². The van der Waals surface area contributed by atoms with Gasteiger partial charge in [-0.2, -0.15) is 0 Å². The van der Waals surface area contributed by atoms with E-state index in [0.717, 1.165) is 5.56 Å². The lowest BCUT2D eigenvalue weighted by atomic mass is 10.2. The summed E-state index contributed by atoms with van der Waals surface area (Å²) in [4.78, 5) is 0.219. The van der Waals surface area contributed by atoms with Gasteiger partial charge in [-0.3, -0.25) is 0 Å². The van der Waals surface area contributed by atoms with Crippen LogP contribution in [0, 0.1) is 0 Å². The second-order valence-corrected chi connectivity index (χ2v) is 6.79. The summed E-state index contributed by atoms with van der Waals surface area (Å²) in [6.07, 6.45) is 1.51. The van der Waals surface area contributed by atoms with E-state index in [1.165, 1.54) is 6.26 Å². The maximum Gasteiger partial charge on any atom is 0.242 e. The second-order valence-electron chi connectivity index (χ2n) is 4.20. The zero-order valence-corrected chi connectivity index (χ0v) is 13.3. The first-order chi connectivity index (χ1) is 9.53. The Hall–Kier alpha value is -1.15. The number of halogens is 1. The van der Waals surface area contributed by atoms with Crippen molar-refractivity contribution < 1.29 is 12.8 Å². The molecule has 108 valence electrons. The van der Waals surface area contributed by atoms with Crippen LogP contribution in [0.1, 0.15) is 11.3 Å². The highest BCUT2D eigenvalue weighted by Crippen LogP contribution is 2.23. The first-order valence-electron chi connectivity index (χ1n) is 5.98. The summed E-state index contributed by atoms with van der Waals surface area (Å²) >= 11 is 3.27. The third kappa shape index (κ3) is 3.69. The van der Waals surface area contributed by atoms with Crippen LogP contribution in [-0.2, 0) is 23.1 Å². The molecule has 0 aliphatic rings. The molecule has 0 bridgehead atoms. The maximum absolute atomic E-state index is 12.3. The average molecular weight is 359 g/mol. The molecule has 0 aliphatic heterocycles. The van der Waals surface area contributed by atoms with Gasteiger partial charge in [-0.15, -0.1) is 0 Å². The molecule has 0 spiro atoms. The molecule has 20 heavy (non-hydrogen) atoms. The molecule has 2 aromatic rings. The number of rotatable bonds is 6. The predicted molar refractivity (Wildman–Crippen MR) is 79.6 cm³/mol. The van der Waals surface area contributed by atoms with E-state index in [1.54, 1.807) is 24.3 Å². The Morgan fingerprint density at radius 3 is 2.70 bits per heavy atom. The molecule has 5 nitrogen and oxygen atoms in total. The number of furan rings is 1. The van der Waals surface area contributed by atoms with Crippen molar-refractivity contribution in [3.05, 3.63) is 52.4 Å². The van der Waals surface area contributed by atoms with Crippen molar-refractivity contribution >= 4 is 26.0 Å². The third-order valence-corrected chi connectivity index (χ3v) is 5.08. The van der Waals surface area contributed by atoms with Gasteiger partial charge in [0.1, 0.15) is 5.76 Å². The van der Waals surface area contributed by atoms with Crippen molar-refractivity contribution in [2.45, 2.75) is 18.0 Å². The average Bonchev–Trinajstić information content (AvgIpc) is 2.92. The summed E-state index contributed by atoms with van der Waals surface area (Å²) in [5.74, 6) is 0.566. The summed E-state index contributed by atoms with van der Waals surface area (Å²) in [7, 11) is -1.78. The Morgan fingerprint density at radius 2 is 2.05 bits per heavy atom. The predicted octanol–water partition coefficient (Wildman–Crippen LogP) is 2.24. The normalized spacial score (nSPS) is 11.7. The number of hydrogen-bond donors (Lipinski definition) is 2. The summed E-state index contributed by atoms with van der Waals surface area (Å²) in [6.45, 7) is 0.728. The number of benzene rings is 1. The van der Waals surface area contributed by atoms with Gasteiger partial charge in [0.25, 0.3) is 0 Å². The van der Waals surface area contributed by atoms with Crippen LogP contribution in [0.15, 0.2) is 50.4 Å². The Kier molecular flexibility index (Phi) is 4.98. The SMILES string of the molecule is CNCc1ccc(Br)c(S(=O)(=O)NCc2ccco2)c1. The van der Waals surface area contributed by atoms with E-state index in [2.05, 4.69) is 26.0 Å². The van der Waals surface area contributed by atoms with E-state index in [1.807, 2.05) is 13.1 Å². The monoisotopic (exact) mass is 358 g/mol. The molecule has 0 unspecified atom stereocenters. The Balaban J connectivity index is 2.21. The van der Waals surface area contributed by atoms with Gasteiger partial charge in [-0.05, 0) is 52.8 Å². The van der Waals surface area contributed by atoms with Crippen molar-refractivity contribution in [3.63, 3.8) is 0 Å². The summed E-state index contributed by atoms with van der Waals surface area (Å²) in [6, 6.07) is 8.67. The van der Waals surface area contributed by atoms with Gasteiger partial charge in [0, 0.05) is 11.0 Å². The fourth-order valence-corrected chi connectivity index (χ4v) is 3.73. The van der Waals surface area contributed by atoms with Crippen molar-refractivity contribution in [2.75, 3.05) is 7.05 Å². The minimum Gasteiger partial charge on any atom is -0.468 e. The zero-order valence-electron chi connectivity index (χ0n) is 10.9. The van der Waals surface area contributed by atoms with Crippen LogP contribution in [0.2, 0.25) is 0 Å². The minimum absolute atomic E-state index is 0.123. The topological polar surface area (TPSA) is 71.3 Å². The van der Waals surface area contributed by atoms with E-state index >= 15 is 0 Å². The van der Waals surface area contributed by atoms with Gasteiger partial charge in [0.05, 0.1) is 17.7 Å². The van der Waals surface area contributed by atoms with Crippen LogP contribution < -0.4 is 10.0 Å². The van der Waals surface area contributed by atoms with E-state index in [4.69, 9.17) is 4.42 Å². The molecule has 0 aliphatic carbocycles. The Bertz CT molecular complexity index is 669. The lowest BCUT2D eigenvalue weighted by Gasteiger charge is -2.09. The molecule has 0 atom stereocenters. The first-order valence-corrected chi connectivity index (χ1v) is 8.25. The molecule has 0 amide bonds. The third-order valence-electron chi connectivity index (χ3n) is 2.68. The van der Waals surface area contributed by atoms with Crippen molar-refractivity contribution in [3.8, 4) is 0 Å². The Labute approximate surface area is 126 Å². The summed E-state index contributed by atoms with van der Waals surface area (Å²) in [5, 5.41) is 2.99. The highest BCUT2D eigenvalue weighted by atomic mass is 79.9. The van der Waals surface area contributed by atoms with Crippen LogP contribution in [0.25, 0.3) is 0 Å². The fourth-order valence-electron chi connectivity index (χ4n) is 1.72. The highest BCUT2D eigenvalue weighted by Gasteiger charge is 2.18. The number of sulfonamides is 1. The molecule has 2 rings (SSSR count). The molecule has 1 heterocycles. The number of nitrogens with one attached hydrogen (secondary N) is 2. The quantitative estimate of drug-likeness (QED) is 0.830. The standard InChI is InChI=1S/C13H15BrN2O3S/c1-15-8-10-4-5-12(14)13(7-10)20(17,18)16-9-11-3-2-6-19-11/h2-7,15-16H,8-9H2,1H3. The van der Waals surface area contributed by atoms with Crippen LogP contribution in [0.3, 0.4) is 0 Å². The van der Waals surface area contributed by atoms with Crippen LogP contribution >= 0.6 is 15.9 Å². The number of hydrogen-bond acceptors (Lipinski definition) is 4. The molecular formula is C13H15BrN2O3S. The Morgan fingerprint density at radius 1 is 1.25 bits per heavy atom. The summed E-state index contributed by atoms with van der Waals surface area (Å²) in [5.41, 5.74) is 0.897. The van der Waals surface area contributed by atoms with Gasteiger partial charge < -0.3 is 9.73 Å². The van der Waals surface area contributed by atoms with Crippen LogP contribution in [-0.4, -0.2) is 15.5 Å². The van der Waals surface area contributed by atoms with Crippen molar-refractivity contribution in [1.29, 1.82) is 0 Å². The smallest absolute Gasteiger partial charge is 0.242 e. The van der Waals surface area contributed by atoms with E-state index in [9.17, 15) is 8.42 Å². The molecule has 2 N–H and O–H groups in total.